The molecule has 158 valence electrons. The molecule has 2 aromatic carbocycles. The highest BCUT2D eigenvalue weighted by atomic mass is 19.1. The molecule has 3 heterocycles. The van der Waals surface area contributed by atoms with Crippen LogP contribution >= 0.6 is 0 Å². The summed E-state index contributed by atoms with van der Waals surface area (Å²) in [7, 11) is 0. The van der Waals surface area contributed by atoms with E-state index in [1.807, 2.05) is 39.8 Å². The van der Waals surface area contributed by atoms with Crippen LogP contribution in [-0.4, -0.2) is 44.6 Å². The number of hydrogen-bond donors (Lipinski definition) is 1. The van der Waals surface area contributed by atoms with Gasteiger partial charge in [-0.3, -0.25) is 9.59 Å². The molecular formula is C23H22FN5O2. The summed E-state index contributed by atoms with van der Waals surface area (Å²) in [4.78, 5) is 27.3. The number of likely N-dealkylation sites (tertiary alicyclic amines) is 1. The van der Waals surface area contributed by atoms with E-state index in [2.05, 4.69) is 15.5 Å². The Bertz CT molecular complexity index is 1110. The molecule has 2 aliphatic rings. The third kappa shape index (κ3) is 3.81. The first-order valence-electron chi connectivity index (χ1n) is 10.4. The predicted octanol–water partition coefficient (Wildman–Crippen LogP) is 2.29. The Balaban J connectivity index is 1.26. The van der Waals surface area contributed by atoms with Crippen molar-refractivity contribution >= 4 is 11.8 Å². The molecule has 1 fully saturated rings. The maximum absolute atomic E-state index is 13.2. The summed E-state index contributed by atoms with van der Waals surface area (Å²) in [6, 6.07) is 15.3. The van der Waals surface area contributed by atoms with Gasteiger partial charge in [-0.2, -0.15) is 0 Å². The Labute approximate surface area is 178 Å². The number of carbonyl (C=O) groups is 2. The van der Waals surface area contributed by atoms with E-state index in [1.165, 1.54) is 24.3 Å². The average molecular weight is 419 g/mol. The molecule has 3 aromatic rings. The van der Waals surface area contributed by atoms with Crippen LogP contribution < -0.4 is 5.32 Å². The largest absolute Gasteiger partial charge is 0.345 e. The van der Waals surface area contributed by atoms with Crippen molar-refractivity contribution < 1.29 is 14.0 Å². The van der Waals surface area contributed by atoms with Crippen LogP contribution in [0.3, 0.4) is 0 Å². The van der Waals surface area contributed by atoms with E-state index in [4.69, 9.17) is 0 Å². The number of halogens is 1. The smallest absolute Gasteiger partial charge is 0.289 e. The van der Waals surface area contributed by atoms with Gasteiger partial charge in [0.1, 0.15) is 11.6 Å². The van der Waals surface area contributed by atoms with Crippen LogP contribution in [0.1, 0.15) is 32.4 Å². The molecule has 0 radical (unpaired) electrons. The molecule has 8 heteroatoms. The van der Waals surface area contributed by atoms with Gasteiger partial charge in [0, 0.05) is 38.2 Å². The van der Waals surface area contributed by atoms with Crippen molar-refractivity contribution in [3.05, 3.63) is 83.2 Å². The van der Waals surface area contributed by atoms with E-state index in [0.29, 0.717) is 44.0 Å². The van der Waals surface area contributed by atoms with Crippen LogP contribution in [0.25, 0.3) is 0 Å². The fraction of sp³-hybridized carbons (Fsp3) is 0.304. The summed E-state index contributed by atoms with van der Waals surface area (Å²) < 4.78 is 15.0. The van der Waals surface area contributed by atoms with Crippen molar-refractivity contribution in [3.8, 4) is 0 Å². The number of amides is 2. The molecule has 1 saturated heterocycles. The van der Waals surface area contributed by atoms with Gasteiger partial charge < -0.3 is 14.8 Å². The van der Waals surface area contributed by atoms with Crippen molar-refractivity contribution in [1.29, 1.82) is 0 Å². The number of benzene rings is 2. The van der Waals surface area contributed by atoms with Crippen LogP contribution in [0, 0.1) is 17.7 Å². The van der Waals surface area contributed by atoms with E-state index in [9.17, 15) is 14.0 Å². The number of aromatic nitrogens is 3. The summed E-state index contributed by atoms with van der Waals surface area (Å²) in [5.74, 6) is 0.900. The van der Waals surface area contributed by atoms with Gasteiger partial charge in [-0.05, 0) is 41.7 Å². The van der Waals surface area contributed by atoms with Gasteiger partial charge in [0.25, 0.3) is 11.8 Å². The number of fused-ring (bicyclic) bond motifs is 2. The zero-order valence-corrected chi connectivity index (χ0v) is 16.9. The van der Waals surface area contributed by atoms with Crippen molar-refractivity contribution in [3.63, 3.8) is 0 Å². The highest BCUT2D eigenvalue weighted by molar-refractivity contribution is 5.94. The Hall–Kier alpha value is -3.55. The lowest BCUT2D eigenvalue weighted by Crippen LogP contribution is -2.33. The Kier molecular flexibility index (Phi) is 4.97. The van der Waals surface area contributed by atoms with E-state index < -0.39 is 0 Å². The topological polar surface area (TPSA) is 80.1 Å². The summed E-state index contributed by atoms with van der Waals surface area (Å²) >= 11 is 0. The lowest BCUT2D eigenvalue weighted by Gasteiger charge is -2.25. The number of hydrogen-bond acceptors (Lipinski definition) is 4. The van der Waals surface area contributed by atoms with Crippen molar-refractivity contribution in [2.45, 2.75) is 19.5 Å². The third-order valence-electron chi connectivity index (χ3n) is 6.14. The molecule has 2 amide bonds. The maximum Gasteiger partial charge on any atom is 0.289 e. The fourth-order valence-corrected chi connectivity index (χ4v) is 4.49. The first-order valence-corrected chi connectivity index (χ1v) is 10.4. The van der Waals surface area contributed by atoms with Gasteiger partial charge in [-0.15, -0.1) is 10.2 Å². The minimum absolute atomic E-state index is 0.0917. The lowest BCUT2D eigenvalue weighted by molar-refractivity contribution is 0.0782. The molecule has 7 nitrogen and oxygen atoms in total. The first-order chi connectivity index (χ1) is 15.1. The average Bonchev–Trinajstić information content (AvgIpc) is 3.40. The SMILES string of the molecule is O=C(NCc1ccccc1)c1nnc2n1C[C@H]1CN(C(=O)c3ccc(F)cc3)C[C@H]1C2. The zero-order chi connectivity index (χ0) is 21.4. The Morgan fingerprint density at radius 2 is 1.71 bits per heavy atom. The second-order valence-corrected chi connectivity index (χ2v) is 8.16. The standard InChI is InChI=1S/C23H22FN5O2/c24-19-8-6-16(7-9-19)23(31)28-12-17-10-20-26-27-21(29(20)14-18(17)13-28)22(30)25-11-15-4-2-1-3-5-15/h1-9,17-18H,10-14H2,(H,25,30)/t17-,18-/m1/s1. The highest BCUT2D eigenvalue weighted by Gasteiger charge is 2.40. The molecule has 1 N–H and O–H groups in total. The van der Waals surface area contributed by atoms with Crippen LogP contribution in [0.4, 0.5) is 4.39 Å². The van der Waals surface area contributed by atoms with Gasteiger partial charge in [0.15, 0.2) is 0 Å². The molecule has 0 spiro atoms. The third-order valence-corrected chi connectivity index (χ3v) is 6.14. The minimum atomic E-state index is -0.359. The van der Waals surface area contributed by atoms with Crippen molar-refractivity contribution in [1.82, 2.24) is 25.0 Å². The van der Waals surface area contributed by atoms with Gasteiger partial charge in [-0.1, -0.05) is 30.3 Å². The maximum atomic E-state index is 13.2. The second-order valence-electron chi connectivity index (χ2n) is 8.16. The Morgan fingerprint density at radius 1 is 0.968 bits per heavy atom. The molecule has 0 aliphatic carbocycles. The molecule has 5 rings (SSSR count). The van der Waals surface area contributed by atoms with Gasteiger partial charge in [0.2, 0.25) is 5.82 Å². The summed E-state index contributed by atoms with van der Waals surface area (Å²) in [5, 5.41) is 11.3. The van der Waals surface area contributed by atoms with Gasteiger partial charge >= 0.3 is 0 Å². The fourth-order valence-electron chi connectivity index (χ4n) is 4.49. The number of nitrogens with zero attached hydrogens (tertiary/aromatic N) is 4. The number of nitrogens with one attached hydrogen (secondary N) is 1. The summed E-state index contributed by atoms with van der Waals surface area (Å²) in [6.45, 7) is 2.26. The quantitative estimate of drug-likeness (QED) is 0.704. The molecule has 2 atom stereocenters. The predicted molar refractivity (Wildman–Crippen MR) is 111 cm³/mol. The van der Waals surface area contributed by atoms with Crippen molar-refractivity contribution in [2.24, 2.45) is 11.8 Å². The molecule has 0 saturated carbocycles. The van der Waals surface area contributed by atoms with E-state index >= 15 is 0 Å². The van der Waals surface area contributed by atoms with E-state index in [-0.39, 0.29) is 29.5 Å². The second kappa shape index (κ2) is 7.94. The Morgan fingerprint density at radius 3 is 2.48 bits per heavy atom. The van der Waals surface area contributed by atoms with Crippen LogP contribution in [0.15, 0.2) is 54.6 Å². The van der Waals surface area contributed by atoms with Crippen LogP contribution in [0.2, 0.25) is 0 Å². The normalized spacial score (nSPS) is 19.6. The number of rotatable bonds is 4. The summed E-state index contributed by atoms with van der Waals surface area (Å²) in [5.41, 5.74) is 1.50. The molecule has 31 heavy (non-hydrogen) atoms. The monoisotopic (exact) mass is 419 g/mol. The first kappa shape index (κ1) is 19.4. The molecule has 0 unspecified atom stereocenters. The number of carbonyl (C=O) groups excluding carboxylic acids is 2. The van der Waals surface area contributed by atoms with Crippen LogP contribution in [-0.2, 0) is 19.5 Å². The van der Waals surface area contributed by atoms with Crippen LogP contribution in [0.5, 0.6) is 0 Å². The van der Waals surface area contributed by atoms with Crippen molar-refractivity contribution in [2.75, 3.05) is 13.1 Å². The molecular weight excluding hydrogens is 397 g/mol. The van der Waals surface area contributed by atoms with Gasteiger partial charge in [-0.25, -0.2) is 4.39 Å². The summed E-state index contributed by atoms with van der Waals surface area (Å²) in [6.07, 6.45) is 0.677. The van der Waals surface area contributed by atoms with E-state index in [0.717, 1.165) is 11.4 Å². The van der Waals surface area contributed by atoms with Gasteiger partial charge in [0.05, 0.1) is 0 Å². The van der Waals surface area contributed by atoms with E-state index in [1.54, 1.807) is 0 Å². The zero-order valence-electron chi connectivity index (χ0n) is 16.9. The lowest BCUT2D eigenvalue weighted by atomic mass is 9.89. The highest BCUT2D eigenvalue weighted by Crippen LogP contribution is 2.33. The molecule has 2 aliphatic heterocycles. The molecule has 0 bridgehead atoms. The molecule has 1 aromatic heterocycles. The minimum Gasteiger partial charge on any atom is -0.345 e.